The van der Waals surface area contributed by atoms with Crippen LogP contribution in [0.4, 0.5) is 14.5 Å². The number of anilines is 1. The van der Waals surface area contributed by atoms with Gasteiger partial charge in [0.15, 0.2) is 0 Å². The normalized spacial score (nSPS) is 13.5. The summed E-state index contributed by atoms with van der Waals surface area (Å²) in [6.07, 6.45) is 0. The van der Waals surface area contributed by atoms with Crippen molar-refractivity contribution >= 4 is 23.2 Å². The van der Waals surface area contributed by atoms with Crippen LogP contribution in [0.3, 0.4) is 0 Å². The quantitative estimate of drug-likeness (QED) is 0.909. The third-order valence-electron chi connectivity index (χ3n) is 3.19. The molecule has 21 heavy (non-hydrogen) atoms. The first-order valence-electron chi connectivity index (χ1n) is 6.12. The van der Waals surface area contributed by atoms with Gasteiger partial charge >= 0.3 is 0 Å². The molecule has 0 fully saturated rings. The Morgan fingerprint density at radius 2 is 1.76 bits per heavy atom. The summed E-state index contributed by atoms with van der Waals surface area (Å²) in [5, 5.41) is 3.22. The van der Waals surface area contributed by atoms with Crippen molar-refractivity contribution in [2.45, 2.75) is 12.5 Å². The van der Waals surface area contributed by atoms with Gasteiger partial charge in [-0.1, -0.05) is 23.7 Å². The molecule has 2 aromatic rings. The lowest BCUT2D eigenvalue weighted by Gasteiger charge is -2.29. The number of halogens is 3. The summed E-state index contributed by atoms with van der Waals surface area (Å²) in [6, 6.07) is 9.52. The number of hydrogen-bond donors (Lipinski definition) is 2. The Labute approximate surface area is 125 Å². The zero-order valence-electron chi connectivity index (χ0n) is 11.2. The fraction of sp³-hybridized carbons (Fsp3) is 0.133. The summed E-state index contributed by atoms with van der Waals surface area (Å²) < 4.78 is 26.8. The Morgan fingerprint density at radius 3 is 2.29 bits per heavy atom. The van der Waals surface area contributed by atoms with E-state index >= 15 is 0 Å². The molecule has 3 nitrogen and oxygen atoms in total. The van der Waals surface area contributed by atoms with Gasteiger partial charge in [-0.25, -0.2) is 8.78 Å². The second-order valence-corrected chi connectivity index (χ2v) is 5.16. The van der Waals surface area contributed by atoms with Crippen molar-refractivity contribution in [1.82, 2.24) is 0 Å². The van der Waals surface area contributed by atoms with E-state index in [2.05, 4.69) is 5.32 Å². The molecule has 0 aliphatic carbocycles. The van der Waals surface area contributed by atoms with Crippen LogP contribution in [-0.2, 0) is 10.3 Å². The molecule has 0 aliphatic heterocycles. The molecule has 0 radical (unpaired) electrons. The topological polar surface area (TPSA) is 55.1 Å². The van der Waals surface area contributed by atoms with Gasteiger partial charge in [0, 0.05) is 6.07 Å². The van der Waals surface area contributed by atoms with E-state index in [1.54, 1.807) is 24.3 Å². The van der Waals surface area contributed by atoms with E-state index in [1.807, 2.05) is 0 Å². The zero-order valence-corrected chi connectivity index (χ0v) is 11.9. The van der Waals surface area contributed by atoms with Crippen molar-refractivity contribution in [1.29, 1.82) is 0 Å². The Bertz CT molecular complexity index is 673. The van der Waals surface area contributed by atoms with Gasteiger partial charge in [-0.2, -0.15) is 0 Å². The molecule has 2 aromatic carbocycles. The lowest BCUT2D eigenvalue weighted by molar-refractivity contribution is -0.122. The molecule has 1 amide bonds. The molecule has 3 N–H and O–H groups in total. The van der Waals surface area contributed by atoms with Crippen LogP contribution < -0.4 is 11.1 Å². The van der Waals surface area contributed by atoms with Crippen molar-refractivity contribution in [2.75, 3.05) is 5.32 Å². The van der Waals surface area contributed by atoms with E-state index in [4.69, 9.17) is 17.3 Å². The molecule has 0 spiro atoms. The first-order valence-corrected chi connectivity index (χ1v) is 6.50. The molecule has 0 bridgehead atoms. The summed E-state index contributed by atoms with van der Waals surface area (Å²) in [7, 11) is 0. The Kier molecular flexibility index (Phi) is 4.14. The number of amides is 1. The number of para-hydroxylation sites is 1. The van der Waals surface area contributed by atoms with Crippen molar-refractivity contribution in [3.05, 3.63) is 64.7 Å². The van der Waals surface area contributed by atoms with Crippen molar-refractivity contribution < 1.29 is 13.6 Å². The van der Waals surface area contributed by atoms with Crippen LogP contribution in [0.1, 0.15) is 12.5 Å². The number of benzene rings is 2. The van der Waals surface area contributed by atoms with Crippen LogP contribution in [-0.4, -0.2) is 5.91 Å². The molecule has 0 aromatic heterocycles. The van der Waals surface area contributed by atoms with Crippen LogP contribution in [0.15, 0.2) is 42.5 Å². The molecular formula is C15H13ClF2N2O. The summed E-state index contributed by atoms with van der Waals surface area (Å²) in [4.78, 5) is 11.8. The highest BCUT2D eigenvalue weighted by atomic mass is 35.5. The predicted molar refractivity (Wildman–Crippen MR) is 78.0 cm³/mol. The third kappa shape index (κ3) is 3.13. The van der Waals surface area contributed by atoms with Gasteiger partial charge in [-0.05, 0) is 36.8 Å². The Hall–Kier alpha value is -2.14. The minimum atomic E-state index is -1.51. The van der Waals surface area contributed by atoms with E-state index in [9.17, 15) is 13.6 Å². The highest BCUT2D eigenvalue weighted by Crippen LogP contribution is 2.30. The van der Waals surface area contributed by atoms with Gasteiger partial charge in [0.05, 0.1) is 10.7 Å². The summed E-state index contributed by atoms with van der Waals surface area (Å²) >= 11 is 6.02. The maximum absolute atomic E-state index is 13.4. The molecule has 1 unspecified atom stereocenters. The SMILES string of the molecule is CC(Nc1ccccc1Cl)(C(N)=O)c1cc(F)cc(F)c1. The highest BCUT2D eigenvalue weighted by Gasteiger charge is 2.34. The third-order valence-corrected chi connectivity index (χ3v) is 3.52. The molecule has 0 aliphatic rings. The molecule has 0 saturated heterocycles. The van der Waals surface area contributed by atoms with Crippen molar-refractivity contribution in [2.24, 2.45) is 5.73 Å². The molecule has 0 heterocycles. The van der Waals surface area contributed by atoms with Gasteiger partial charge in [-0.15, -0.1) is 0 Å². The smallest absolute Gasteiger partial charge is 0.247 e. The molecule has 6 heteroatoms. The van der Waals surface area contributed by atoms with Gasteiger partial charge in [-0.3, -0.25) is 4.79 Å². The highest BCUT2D eigenvalue weighted by molar-refractivity contribution is 6.33. The fourth-order valence-corrected chi connectivity index (χ4v) is 2.13. The van der Waals surface area contributed by atoms with E-state index in [0.717, 1.165) is 18.2 Å². The largest absolute Gasteiger partial charge is 0.367 e. The van der Waals surface area contributed by atoms with Crippen LogP contribution in [0.2, 0.25) is 5.02 Å². The van der Waals surface area contributed by atoms with Gasteiger partial charge in [0.2, 0.25) is 5.91 Å². The predicted octanol–water partition coefficient (Wildman–Crippen LogP) is 3.43. The Balaban J connectivity index is 2.50. The number of primary amides is 1. The second-order valence-electron chi connectivity index (χ2n) is 4.75. The van der Waals surface area contributed by atoms with Gasteiger partial charge in [0.25, 0.3) is 0 Å². The maximum atomic E-state index is 13.4. The first-order chi connectivity index (χ1) is 9.83. The van der Waals surface area contributed by atoms with E-state index in [0.29, 0.717) is 10.7 Å². The minimum Gasteiger partial charge on any atom is -0.367 e. The molecule has 2 rings (SSSR count). The summed E-state index contributed by atoms with van der Waals surface area (Å²) in [5.74, 6) is -2.37. The lowest BCUT2D eigenvalue weighted by atomic mass is 9.90. The van der Waals surface area contributed by atoms with E-state index in [-0.39, 0.29) is 5.56 Å². The second kappa shape index (κ2) is 5.69. The zero-order chi connectivity index (χ0) is 15.6. The number of carbonyl (C=O) groups is 1. The van der Waals surface area contributed by atoms with Gasteiger partial charge < -0.3 is 11.1 Å². The van der Waals surface area contributed by atoms with Crippen LogP contribution >= 0.6 is 11.6 Å². The van der Waals surface area contributed by atoms with E-state index < -0.39 is 23.1 Å². The first kappa shape index (κ1) is 15.3. The maximum Gasteiger partial charge on any atom is 0.247 e. The van der Waals surface area contributed by atoms with Gasteiger partial charge in [0.1, 0.15) is 17.2 Å². The number of hydrogen-bond acceptors (Lipinski definition) is 2. The Morgan fingerprint density at radius 1 is 1.19 bits per heavy atom. The summed E-state index contributed by atoms with van der Waals surface area (Å²) in [5.41, 5.74) is 4.42. The molecule has 1 atom stereocenters. The fourth-order valence-electron chi connectivity index (χ4n) is 1.95. The molecular weight excluding hydrogens is 298 g/mol. The average Bonchev–Trinajstić information content (AvgIpc) is 2.40. The van der Waals surface area contributed by atoms with Crippen LogP contribution in [0, 0.1) is 11.6 Å². The molecule has 0 saturated carbocycles. The lowest BCUT2D eigenvalue weighted by Crippen LogP contribution is -2.45. The van der Waals surface area contributed by atoms with Crippen LogP contribution in [0.5, 0.6) is 0 Å². The van der Waals surface area contributed by atoms with Crippen molar-refractivity contribution in [3.63, 3.8) is 0 Å². The number of carbonyl (C=O) groups excluding carboxylic acids is 1. The standard InChI is InChI=1S/C15H13ClF2N2O/c1-15(14(19)21,9-6-10(17)8-11(18)7-9)20-13-5-3-2-4-12(13)16/h2-8,20H,1H3,(H2,19,21). The number of rotatable bonds is 4. The van der Waals surface area contributed by atoms with E-state index in [1.165, 1.54) is 6.92 Å². The average molecular weight is 311 g/mol. The number of nitrogens with one attached hydrogen (secondary N) is 1. The minimum absolute atomic E-state index is 0.0763. The monoisotopic (exact) mass is 310 g/mol. The van der Waals surface area contributed by atoms with Crippen molar-refractivity contribution in [3.8, 4) is 0 Å². The molecule has 110 valence electrons. The summed E-state index contributed by atoms with van der Waals surface area (Å²) in [6.45, 7) is 1.44. The number of nitrogens with two attached hydrogens (primary N) is 1. The van der Waals surface area contributed by atoms with Crippen LogP contribution in [0.25, 0.3) is 0 Å².